The van der Waals surface area contributed by atoms with Crippen LogP contribution in [0.5, 0.6) is 0 Å². The first-order chi connectivity index (χ1) is 8.93. The summed E-state index contributed by atoms with van der Waals surface area (Å²) in [5.74, 6) is 0. The highest BCUT2D eigenvalue weighted by atomic mass is 15.1. The van der Waals surface area contributed by atoms with E-state index in [-0.39, 0.29) is 0 Å². The van der Waals surface area contributed by atoms with E-state index >= 15 is 0 Å². The van der Waals surface area contributed by atoms with Gasteiger partial charge < -0.3 is 0 Å². The van der Waals surface area contributed by atoms with Crippen LogP contribution in [0.15, 0.2) is 66.9 Å². The van der Waals surface area contributed by atoms with Gasteiger partial charge in [0.15, 0.2) is 0 Å². The van der Waals surface area contributed by atoms with Crippen molar-refractivity contribution in [3.8, 4) is 22.6 Å². The van der Waals surface area contributed by atoms with Crippen LogP contribution in [0.3, 0.4) is 0 Å². The highest BCUT2D eigenvalue weighted by molar-refractivity contribution is 5.61. The second kappa shape index (κ2) is 4.75. The number of rotatable bonds is 2. The predicted molar refractivity (Wildman–Crippen MR) is 70.7 cm³/mol. The van der Waals surface area contributed by atoms with Gasteiger partial charge in [-0.25, -0.2) is 0 Å². The van der Waals surface area contributed by atoms with Crippen molar-refractivity contribution in [3.05, 3.63) is 66.9 Å². The first-order valence-corrected chi connectivity index (χ1v) is 5.74. The Morgan fingerprint density at radius 2 is 1.28 bits per heavy atom. The third kappa shape index (κ3) is 2.11. The van der Waals surface area contributed by atoms with E-state index in [0.29, 0.717) is 0 Å². The van der Waals surface area contributed by atoms with Crippen molar-refractivity contribution in [3.63, 3.8) is 0 Å². The average molecular weight is 233 g/mol. The second-order valence-corrected chi connectivity index (χ2v) is 3.88. The molecule has 1 aromatic carbocycles. The van der Waals surface area contributed by atoms with Crippen LogP contribution in [-0.2, 0) is 0 Å². The van der Waals surface area contributed by atoms with Crippen LogP contribution < -0.4 is 0 Å². The van der Waals surface area contributed by atoms with Crippen LogP contribution in [0.4, 0.5) is 0 Å². The first-order valence-electron chi connectivity index (χ1n) is 5.74. The van der Waals surface area contributed by atoms with Gasteiger partial charge in [-0.3, -0.25) is 4.98 Å². The van der Waals surface area contributed by atoms with Crippen LogP contribution in [-0.4, -0.2) is 15.2 Å². The summed E-state index contributed by atoms with van der Waals surface area (Å²) in [6.45, 7) is 0. The Hall–Kier alpha value is -2.55. The summed E-state index contributed by atoms with van der Waals surface area (Å²) in [4.78, 5) is 4.25. The minimum absolute atomic E-state index is 0.787. The molecule has 0 atom stereocenters. The lowest BCUT2D eigenvalue weighted by molar-refractivity contribution is 1.04. The predicted octanol–water partition coefficient (Wildman–Crippen LogP) is 3.21. The van der Waals surface area contributed by atoms with E-state index in [1.54, 1.807) is 6.20 Å². The highest BCUT2D eigenvalue weighted by Crippen LogP contribution is 2.18. The molecule has 0 bridgehead atoms. The largest absolute Gasteiger partial charge is 0.255 e. The van der Waals surface area contributed by atoms with Gasteiger partial charge >= 0.3 is 0 Å². The smallest absolute Gasteiger partial charge is 0.111 e. The molecule has 3 aromatic rings. The summed E-state index contributed by atoms with van der Waals surface area (Å²) in [6, 6.07) is 19.7. The Morgan fingerprint density at radius 1 is 0.556 bits per heavy atom. The lowest BCUT2D eigenvalue weighted by Crippen LogP contribution is -1.91. The number of pyridine rings is 1. The van der Waals surface area contributed by atoms with Gasteiger partial charge in [0.2, 0.25) is 0 Å². The van der Waals surface area contributed by atoms with Crippen molar-refractivity contribution in [1.82, 2.24) is 15.2 Å². The molecule has 0 unspecified atom stereocenters. The molecule has 0 saturated carbocycles. The molecule has 2 heterocycles. The van der Waals surface area contributed by atoms with Crippen LogP contribution in [0.2, 0.25) is 0 Å². The summed E-state index contributed by atoms with van der Waals surface area (Å²) in [5.41, 5.74) is 3.56. The molecular formula is C15H11N3. The molecule has 0 aliphatic carbocycles. The number of benzene rings is 1. The summed E-state index contributed by atoms with van der Waals surface area (Å²) >= 11 is 0. The topological polar surface area (TPSA) is 38.7 Å². The Morgan fingerprint density at radius 3 is 1.94 bits per heavy atom. The van der Waals surface area contributed by atoms with E-state index in [9.17, 15) is 0 Å². The summed E-state index contributed by atoms with van der Waals surface area (Å²) < 4.78 is 0. The molecule has 0 fully saturated rings. The zero-order valence-electron chi connectivity index (χ0n) is 9.69. The van der Waals surface area contributed by atoms with E-state index in [0.717, 1.165) is 22.6 Å². The van der Waals surface area contributed by atoms with Crippen molar-refractivity contribution >= 4 is 0 Å². The summed E-state index contributed by atoms with van der Waals surface area (Å²) in [5, 5.41) is 8.45. The molecule has 0 saturated heterocycles. The van der Waals surface area contributed by atoms with E-state index in [4.69, 9.17) is 0 Å². The monoisotopic (exact) mass is 233 g/mol. The van der Waals surface area contributed by atoms with Crippen LogP contribution in [0.1, 0.15) is 0 Å². The average Bonchev–Trinajstić information content (AvgIpc) is 2.49. The lowest BCUT2D eigenvalue weighted by Gasteiger charge is -2.01. The SMILES string of the molecule is c1ccc(-c2ccc(-c3ccccn3)nn2)cc1. The van der Waals surface area contributed by atoms with E-state index in [1.807, 2.05) is 60.7 Å². The fraction of sp³-hybridized carbons (Fsp3) is 0. The molecule has 3 rings (SSSR count). The molecule has 3 nitrogen and oxygen atoms in total. The fourth-order valence-electron chi connectivity index (χ4n) is 1.75. The molecule has 3 heteroatoms. The van der Waals surface area contributed by atoms with Gasteiger partial charge in [0.1, 0.15) is 5.69 Å². The zero-order chi connectivity index (χ0) is 12.2. The van der Waals surface area contributed by atoms with Crippen molar-refractivity contribution in [2.24, 2.45) is 0 Å². The second-order valence-electron chi connectivity index (χ2n) is 3.88. The molecule has 0 spiro atoms. The Balaban J connectivity index is 1.95. The molecule has 0 aliphatic rings. The molecule has 86 valence electrons. The Kier molecular flexibility index (Phi) is 2.80. The quantitative estimate of drug-likeness (QED) is 0.682. The maximum atomic E-state index is 4.25. The van der Waals surface area contributed by atoms with Crippen molar-refractivity contribution in [2.75, 3.05) is 0 Å². The Labute approximate surface area is 105 Å². The van der Waals surface area contributed by atoms with Crippen LogP contribution in [0, 0.1) is 0 Å². The standard InChI is InChI=1S/C15H11N3/c1-2-6-12(7-3-1)13-9-10-15(18-17-13)14-8-4-5-11-16-14/h1-11H. The van der Waals surface area contributed by atoms with Gasteiger partial charge in [-0.15, -0.1) is 10.2 Å². The van der Waals surface area contributed by atoms with Gasteiger partial charge in [0, 0.05) is 11.8 Å². The minimum atomic E-state index is 0.787. The Bertz CT molecular complexity index is 560. The normalized spacial score (nSPS) is 10.2. The molecule has 0 radical (unpaired) electrons. The molecule has 0 aliphatic heterocycles. The number of nitrogens with zero attached hydrogens (tertiary/aromatic N) is 3. The maximum absolute atomic E-state index is 4.25. The molecule has 18 heavy (non-hydrogen) atoms. The third-order valence-electron chi connectivity index (χ3n) is 2.66. The van der Waals surface area contributed by atoms with Gasteiger partial charge in [-0.05, 0) is 24.3 Å². The van der Waals surface area contributed by atoms with Crippen molar-refractivity contribution in [1.29, 1.82) is 0 Å². The zero-order valence-corrected chi connectivity index (χ0v) is 9.69. The first kappa shape index (κ1) is 10.6. The highest BCUT2D eigenvalue weighted by Gasteiger charge is 2.02. The third-order valence-corrected chi connectivity index (χ3v) is 2.66. The van der Waals surface area contributed by atoms with Crippen molar-refractivity contribution in [2.45, 2.75) is 0 Å². The van der Waals surface area contributed by atoms with Crippen LogP contribution >= 0.6 is 0 Å². The van der Waals surface area contributed by atoms with Gasteiger partial charge in [0.25, 0.3) is 0 Å². The van der Waals surface area contributed by atoms with E-state index < -0.39 is 0 Å². The van der Waals surface area contributed by atoms with Gasteiger partial charge in [-0.1, -0.05) is 36.4 Å². The lowest BCUT2D eigenvalue weighted by atomic mass is 10.1. The summed E-state index contributed by atoms with van der Waals surface area (Å²) in [7, 11) is 0. The van der Waals surface area contributed by atoms with Crippen molar-refractivity contribution < 1.29 is 0 Å². The molecule has 0 amide bonds. The maximum Gasteiger partial charge on any atom is 0.111 e. The molecular weight excluding hydrogens is 222 g/mol. The van der Waals surface area contributed by atoms with E-state index in [2.05, 4.69) is 15.2 Å². The van der Waals surface area contributed by atoms with Gasteiger partial charge in [0.05, 0.1) is 11.4 Å². The number of hydrogen-bond donors (Lipinski definition) is 0. The van der Waals surface area contributed by atoms with Crippen LogP contribution in [0.25, 0.3) is 22.6 Å². The number of hydrogen-bond acceptors (Lipinski definition) is 3. The minimum Gasteiger partial charge on any atom is -0.255 e. The molecule has 0 N–H and O–H groups in total. The molecule has 2 aromatic heterocycles. The fourth-order valence-corrected chi connectivity index (χ4v) is 1.75. The summed E-state index contributed by atoms with van der Waals surface area (Å²) in [6.07, 6.45) is 1.75. The number of aromatic nitrogens is 3. The van der Waals surface area contributed by atoms with Gasteiger partial charge in [-0.2, -0.15) is 0 Å². The van der Waals surface area contributed by atoms with E-state index in [1.165, 1.54) is 0 Å².